The monoisotopic (exact) mass is 450 g/mol. The van der Waals surface area contributed by atoms with Gasteiger partial charge in [0, 0.05) is 12.5 Å². The number of carbonyl (C=O) groups is 1. The maximum absolute atomic E-state index is 12.8. The van der Waals surface area contributed by atoms with Gasteiger partial charge >= 0.3 is 0 Å². The lowest BCUT2D eigenvalue weighted by Gasteiger charge is -2.33. The van der Waals surface area contributed by atoms with Crippen LogP contribution in [0.25, 0.3) is 0 Å². The number of hydrogen-bond acceptors (Lipinski definition) is 3. The molecule has 33 heavy (non-hydrogen) atoms. The number of benzene rings is 2. The van der Waals surface area contributed by atoms with Crippen LogP contribution >= 0.6 is 0 Å². The summed E-state index contributed by atoms with van der Waals surface area (Å²) in [5.74, 6) is 0.671. The highest BCUT2D eigenvalue weighted by Gasteiger charge is 2.29. The van der Waals surface area contributed by atoms with Crippen molar-refractivity contribution >= 4 is 5.91 Å². The third kappa shape index (κ3) is 6.38. The van der Waals surface area contributed by atoms with Gasteiger partial charge in [-0.2, -0.15) is 0 Å². The molecule has 0 aromatic heterocycles. The Morgan fingerprint density at radius 3 is 2.00 bits per heavy atom. The highest BCUT2D eigenvalue weighted by molar-refractivity contribution is 5.79. The van der Waals surface area contributed by atoms with Crippen LogP contribution in [0, 0.1) is 5.92 Å². The van der Waals surface area contributed by atoms with Gasteiger partial charge in [0.15, 0.2) is 0 Å². The highest BCUT2D eigenvalue weighted by atomic mass is 16.3. The van der Waals surface area contributed by atoms with Crippen LogP contribution in [-0.4, -0.2) is 29.0 Å². The van der Waals surface area contributed by atoms with E-state index in [-0.39, 0.29) is 28.7 Å². The molecule has 1 fully saturated rings. The molecule has 4 nitrogen and oxygen atoms in total. The fraction of sp³-hybridized carbons (Fsp3) is 0.552. The molecule has 180 valence electrons. The second-order valence-corrected chi connectivity index (χ2v) is 11.7. The lowest BCUT2D eigenvalue weighted by molar-refractivity contribution is -0.127. The summed E-state index contributed by atoms with van der Waals surface area (Å²) in [6, 6.07) is 14.5. The summed E-state index contributed by atoms with van der Waals surface area (Å²) in [5, 5.41) is 14.2. The minimum absolute atomic E-state index is 0.0281. The van der Waals surface area contributed by atoms with Crippen LogP contribution < -0.4 is 5.32 Å². The molecule has 2 aromatic rings. The SMILES string of the molecule is C[C@@H](NC(=O)C1CCN(Cc2cc(C(C)(C)C)c(O)c(C(C)(C)C)c2)CC1)c1ccccc1. The first kappa shape index (κ1) is 25.3. The zero-order valence-corrected chi connectivity index (χ0v) is 21.5. The molecule has 0 spiro atoms. The molecule has 1 atom stereocenters. The van der Waals surface area contributed by atoms with Gasteiger partial charge in [-0.3, -0.25) is 9.69 Å². The number of likely N-dealkylation sites (tertiary alicyclic amines) is 1. The summed E-state index contributed by atoms with van der Waals surface area (Å²) in [5.41, 5.74) is 4.15. The van der Waals surface area contributed by atoms with Crippen molar-refractivity contribution in [1.29, 1.82) is 0 Å². The summed E-state index contributed by atoms with van der Waals surface area (Å²) in [7, 11) is 0. The van der Waals surface area contributed by atoms with Crippen molar-refractivity contribution in [2.75, 3.05) is 13.1 Å². The first-order valence-electron chi connectivity index (χ1n) is 12.3. The Hall–Kier alpha value is -2.33. The van der Waals surface area contributed by atoms with E-state index in [2.05, 4.69) is 76.0 Å². The van der Waals surface area contributed by atoms with Crippen molar-refractivity contribution in [3.63, 3.8) is 0 Å². The van der Waals surface area contributed by atoms with E-state index in [9.17, 15) is 9.90 Å². The molecule has 0 bridgehead atoms. The number of rotatable bonds is 5. The summed E-state index contributed by atoms with van der Waals surface area (Å²) in [6.45, 7) is 17.6. The second-order valence-electron chi connectivity index (χ2n) is 11.7. The topological polar surface area (TPSA) is 52.6 Å². The highest BCUT2D eigenvalue weighted by Crippen LogP contribution is 2.40. The average Bonchev–Trinajstić information content (AvgIpc) is 2.74. The number of phenols is 1. The average molecular weight is 451 g/mol. The Balaban J connectivity index is 1.64. The number of carbonyl (C=O) groups excluding carboxylic acids is 1. The Kier molecular flexibility index (Phi) is 7.58. The van der Waals surface area contributed by atoms with E-state index in [0.29, 0.717) is 5.75 Å². The molecule has 1 aliphatic rings. The normalized spacial score (nSPS) is 17.1. The van der Waals surface area contributed by atoms with Crippen molar-refractivity contribution in [3.8, 4) is 5.75 Å². The first-order chi connectivity index (χ1) is 15.4. The second kappa shape index (κ2) is 9.89. The van der Waals surface area contributed by atoms with Gasteiger partial charge in [-0.05, 0) is 65.9 Å². The molecule has 0 aliphatic carbocycles. The van der Waals surface area contributed by atoms with E-state index in [1.165, 1.54) is 5.56 Å². The molecule has 0 unspecified atom stereocenters. The Labute approximate surface area is 200 Å². The van der Waals surface area contributed by atoms with Crippen molar-refractivity contribution in [2.24, 2.45) is 5.92 Å². The predicted molar refractivity (Wildman–Crippen MR) is 137 cm³/mol. The standard InChI is InChI=1S/C29H42N2O2/c1-20(22-11-9-8-10-12-22)30-27(33)23-13-15-31(16-14-23)19-21-17-24(28(2,3)4)26(32)25(18-21)29(5,6)7/h8-12,17-18,20,23,32H,13-16,19H2,1-7H3,(H,30,33)/t20-/m1/s1. The fourth-order valence-corrected chi connectivity index (χ4v) is 4.70. The minimum Gasteiger partial charge on any atom is -0.507 e. The van der Waals surface area contributed by atoms with Crippen LogP contribution in [0.2, 0.25) is 0 Å². The molecule has 0 radical (unpaired) electrons. The molecule has 1 aliphatic heterocycles. The number of nitrogens with zero attached hydrogens (tertiary/aromatic N) is 1. The van der Waals surface area contributed by atoms with Gasteiger partial charge in [0.25, 0.3) is 0 Å². The molecular formula is C29H42N2O2. The summed E-state index contributed by atoms with van der Waals surface area (Å²) in [4.78, 5) is 15.3. The lowest BCUT2D eigenvalue weighted by atomic mass is 9.78. The van der Waals surface area contributed by atoms with Gasteiger partial charge < -0.3 is 10.4 Å². The van der Waals surface area contributed by atoms with E-state index in [1.54, 1.807) is 0 Å². The maximum atomic E-state index is 12.8. The molecule has 4 heteroatoms. The molecule has 1 heterocycles. The molecule has 0 saturated carbocycles. The van der Waals surface area contributed by atoms with Crippen molar-refractivity contribution < 1.29 is 9.90 Å². The maximum Gasteiger partial charge on any atom is 0.223 e. The van der Waals surface area contributed by atoms with E-state index in [4.69, 9.17) is 0 Å². The van der Waals surface area contributed by atoms with Crippen LogP contribution in [0.15, 0.2) is 42.5 Å². The van der Waals surface area contributed by atoms with Gasteiger partial charge in [0.1, 0.15) is 5.75 Å². The van der Waals surface area contributed by atoms with Crippen molar-refractivity contribution in [1.82, 2.24) is 10.2 Å². The van der Waals surface area contributed by atoms with Gasteiger partial charge in [-0.15, -0.1) is 0 Å². The van der Waals surface area contributed by atoms with E-state index in [0.717, 1.165) is 49.2 Å². The summed E-state index contributed by atoms with van der Waals surface area (Å²) >= 11 is 0. The Morgan fingerprint density at radius 2 is 1.52 bits per heavy atom. The van der Waals surface area contributed by atoms with E-state index >= 15 is 0 Å². The van der Waals surface area contributed by atoms with Crippen LogP contribution in [0.4, 0.5) is 0 Å². The van der Waals surface area contributed by atoms with Crippen LogP contribution in [0.5, 0.6) is 5.75 Å². The largest absolute Gasteiger partial charge is 0.507 e. The van der Waals surface area contributed by atoms with Gasteiger partial charge in [0.2, 0.25) is 5.91 Å². The molecule has 2 aromatic carbocycles. The molecule has 2 N–H and O–H groups in total. The van der Waals surface area contributed by atoms with Crippen LogP contribution in [-0.2, 0) is 22.2 Å². The number of amides is 1. The number of hydrogen-bond donors (Lipinski definition) is 2. The zero-order valence-electron chi connectivity index (χ0n) is 21.5. The number of nitrogens with one attached hydrogen (secondary N) is 1. The summed E-state index contributed by atoms with van der Waals surface area (Å²) in [6.07, 6.45) is 1.76. The number of aromatic hydroxyl groups is 1. The molecule has 1 saturated heterocycles. The van der Waals surface area contributed by atoms with Crippen molar-refractivity contribution in [3.05, 3.63) is 64.7 Å². The van der Waals surface area contributed by atoms with Crippen molar-refractivity contribution in [2.45, 2.75) is 84.7 Å². The first-order valence-corrected chi connectivity index (χ1v) is 12.3. The van der Waals surface area contributed by atoms with Gasteiger partial charge in [0.05, 0.1) is 6.04 Å². The Morgan fingerprint density at radius 1 is 1.00 bits per heavy atom. The third-order valence-electron chi connectivity index (χ3n) is 6.81. The Bertz CT molecular complexity index is 911. The number of phenolic OH excluding ortho intramolecular Hbond substituents is 1. The van der Waals surface area contributed by atoms with Gasteiger partial charge in [-0.1, -0.05) is 84.0 Å². The van der Waals surface area contributed by atoms with Gasteiger partial charge in [-0.25, -0.2) is 0 Å². The lowest BCUT2D eigenvalue weighted by Crippen LogP contribution is -2.41. The fourth-order valence-electron chi connectivity index (χ4n) is 4.70. The van der Waals surface area contributed by atoms with E-state index in [1.807, 2.05) is 25.1 Å². The molecule has 1 amide bonds. The smallest absolute Gasteiger partial charge is 0.223 e. The number of piperidine rings is 1. The summed E-state index contributed by atoms with van der Waals surface area (Å²) < 4.78 is 0. The molecular weight excluding hydrogens is 408 g/mol. The van der Waals surface area contributed by atoms with Crippen LogP contribution in [0.1, 0.15) is 89.6 Å². The molecule has 3 rings (SSSR count). The minimum atomic E-state index is -0.124. The van der Waals surface area contributed by atoms with E-state index < -0.39 is 0 Å². The third-order valence-corrected chi connectivity index (χ3v) is 6.81. The zero-order chi connectivity index (χ0) is 24.4. The quantitative estimate of drug-likeness (QED) is 0.581. The van der Waals surface area contributed by atoms with Crippen LogP contribution in [0.3, 0.4) is 0 Å². The predicted octanol–water partition coefficient (Wildman–Crippen LogP) is 6.08.